The third-order valence-corrected chi connectivity index (χ3v) is 3.32. The number of hydrogen-bond donors (Lipinski definition) is 2. The first kappa shape index (κ1) is 14.5. The Morgan fingerprint density at radius 2 is 2.15 bits per heavy atom. The lowest BCUT2D eigenvalue weighted by molar-refractivity contribution is 0.827. The van der Waals surface area contributed by atoms with Crippen LogP contribution in [0.4, 0.5) is 17.5 Å². The zero-order chi connectivity index (χ0) is 14.4. The predicted molar refractivity (Wildman–Crippen MR) is 82.7 cm³/mol. The molecule has 0 aliphatic heterocycles. The molecule has 5 nitrogen and oxygen atoms in total. The minimum Gasteiger partial charge on any atom is -0.369 e. The maximum absolute atomic E-state index is 6.09. The van der Waals surface area contributed by atoms with E-state index in [1.54, 1.807) is 6.20 Å². The Kier molecular flexibility index (Phi) is 5.12. The molecule has 6 heteroatoms. The van der Waals surface area contributed by atoms with Gasteiger partial charge in [0.15, 0.2) is 5.82 Å². The lowest BCUT2D eigenvalue weighted by Gasteiger charge is -2.10. The molecule has 0 amide bonds. The van der Waals surface area contributed by atoms with Crippen molar-refractivity contribution >= 4 is 29.1 Å². The van der Waals surface area contributed by atoms with Gasteiger partial charge in [-0.15, -0.1) is 5.10 Å². The average molecular weight is 292 g/mol. The van der Waals surface area contributed by atoms with Crippen molar-refractivity contribution in [3.05, 3.63) is 35.0 Å². The van der Waals surface area contributed by atoms with Crippen molar-refractivity contribution in [2.45, 2.75) is 26.7 Å². The van der Waals surface area contributed by atoms with Crippen LogP contribution in [0.3, 0.4) is 0 Å². The van der Waals surface area contributed by atoms with Gasteiger partial charge in [0.2, 0.25) is 5.95 Å². The van der Waals surface area contributed by atoms with Crippen molar-refractivity contribution in [3.8, 4) is 0 Å². The van der Waals surface area contributed by atoms with Crippen LogP contribution in [0.25, 0.3) is 0 Å². The van der Waals surface area contributed by atoms with E-state index in [9.17, 15) is 0 Å². The Balaban J connectivity index is 2.09. The van der Waals surface area contributed by atoms with Gasteiger partial charge >= 0.3 is 0 Å². The predicted octanol–water partition coefficient (Wildman–Crippen LogP) is 3.79. The van der Waals surface area contributed by atoms with Gasteiger partial charge in [-0.25, -0.2) is 0 Å². The van der Waals surface area contributed by atoms with Gasteiger partial charge in [-0.05, 0) is 31.0 Å². The van der Waals surface area contributed by atoms with Gasteiger partial charge in [-0.3, -0.25) is 0 Å². The fourth-order valence-corrected chi connectivity index (χ4v) is 1.87. The SMILES string of the molecule is CCCCNc1cnnc(Nc2cccc(Cl)c2C)n1. The second-order valence-corrected chi connectivity index (χ2v) is 4.89. The van der Waals surface area contributed by atoms with Crippen LogP contribution in [0, 0.1) is 6.92 Å². The molecule has 0 bridgehead atoms. The average Bonchev–Trinajstić information content (AvgIpc) is 2.45. The summed E-state index contributed by atoms with van der Waals surface area (Å²) < 4.78 is 0. The minimum atomic E-state index is 0.455. The number of hydrogen-bond acceptors (Lipinski definition) is 5. The topological polar surface area (TPSA) is 62.7 Å². The first-order valence-electron chi connectivity index (χ1n) is 6.66. The van der Waals surface area contributed by atoms with Crippen LogP contribution in [0.15, 0.2) is 24.4 Å². The van der Waals surface area contributed by atoms with Crippen molar-refractivity contribution in [3.63, 3.8) is 0 Å². The van der Waals surface area contributed by atoms with Crippen LogP contribution in [-0.4, -0.2) is 21.7 Å². The van der Waals surface area contributed by atoms with Crippen molar-refractivity contribution in [2.75, 3.05) is 17.2 Å². The molecule has 2 aromatic rings. The second kappa shape index (κ2) is 7.05. The fourth-order valence-electron chi connectivity index (χ4n) is 1.70. The summed E-state index contributed by atoms with van der Waals surface area (Å²) in [6, 6.07) is 5.67. The van der Waals surface area contributed by atoms with Crippen LogP contribution >= 0.6 is 11.6 Å². The number of rotatable bonds is 6. The molecule has 0 radical (unpaired) electrons. The van der Waals surface area contributed by atoms with E-state index in [-0.39, 0.29) is 0 Å². The fraction of sp³-hybridized carbons (Fsp3) is 0.357. The van der Waals surface area contributed by atoms with E-state index in [0.29, 0.717) is 11.0 Å². The van der Waals surface area contributed by atoms with Crippen LogP contribution in [-0.2, 0) is 0 Å². The number of halogens is 1. The Morgan fingerprint density at radius 1 is 1.30 bits per heavy atom. The standard InChI is InChI=1S/C14H18ClN5/c1-3-4-8-16-13-9-17-20-14(19-13)18-12-7-5-6-11(15)10(12)2/h5-7,9H,3-4,8H2,1-2H3,(H2,16,18,19,20). The van der Waals surface area contributed by atoms with E-state index in [1.807, 2.05) is 25.1 Å². The molecule has 2 rings (SSSR count). The lowest BCUT2D eigenvalue weighted by Crippen LogP contribution is -2.07. The summed E-state index contributed by atoms with van der Waals surface area (Å²) in [4.78, 5) is 4.37. The lowest BCUT2D eigenvalue weighted by atomic mass is 10.2. The molecule has 0 fully saturated rings. The van der Waals surface area contributed by atoms with E-state index in [0.717, 1.165) is 36.5 Å². The molecule has 0 aliphatic carbocycles. The molecule has 0 unspecified atom stereocenters. The maximum Gasteiger partial charge on any atom is 0.249 e. The van der Waals surface area contributed by atoms with E-state index in [2.05, 4.69) is 32.7 Å². The van der Waals surface area contributed by atoms with Gasteiger partial charge in [0.05, 0.1) is 6.20 Å². The van der Waals surface area contributed by atoms with Gasteiger partial charge in [0, 0.05) is 17.3 Å². The van der Waals surface area contributed by atoms with Gasteiger partial charge in [-0.1, -0.05) is 31.0 Å². The molecule has 0 saturated heterocycles. The smallest absolute Gasteiger partial charge is 0.249 e. The summed E-state index contributed by atoms with van der Waals surface area (Å²) in [5.74, 6) is 1.17. The van der Waals surface area contributed by atoms with Crippen molar-refractivity contribution in [1.29, 1.82) is 0 Å². The van der Waals surface area contributed by atoms with Gasteiger partial charge < -0.3 is 10.6 Å². The van der Waals surface area contributed by atoms with Crippen LogP contribution in [0.5, 0.6) is 0 Å². The summed E-state index contributed by atoms with van der Waals surface area (Å²) in [5, 5.41) is 15.0. The van der Waals surface area contributed by atoms with Gasteiger partial charge in [0.25, 0.3) is 0 Å². The quantitative estimate of drug-likeness (QED) is 0.793. The molecule has 0 spiro atoms. The summed E-state index contributed by atoms with van der Waals surface area (Å²) >= 11 is 6.09. The summed E-state index contributed by atoms with van der Waals surface area (Å²) in [7, 11) is 0. The van der Waals surface area contributed by atoms with Gasteiger partial charge in [-0.2, -0.15) is 10.1 Å². The van der Waals surface area contributed by atoms with Crippen LogP contribution < -0.4 is 10.6 Å². The highest BCUT2D eigenvalue weighted by atomic mass is 35.5. The largest absolute Gasteiger partial charge is 0.369 e. The Labute approximate surface area is 123 Å². The molecule has 1 aromatic heterocycles. The monoisotopic (exact) mass is 291 g/mol. The highest BCUT2D eigenvalue weighted by Gasteiger charge is 2.05. The number of nitrogens with zero attached hydrogens (tertiary/aromatic N) is 3. The summed E-state index contributed by atoms with van der Waals surface area (Å²) in [6.45, 7) is 4.97. The summed E-state index contributed by atoms with van der Waals surface area (Å²) in [5.41, 5.74) is 1.84. The highest BCUT2D eigenvalue weighted by Crippen LogP contribution is 2.24. The minimum absolute atomic E-state index is 0.455. The third kappa shape index (κ3) is 3.81. The zero-order valence-corrected chi connectivity index (χ0v) is 12.4. The number of unbranched alkanes of at least 4 members (excludes halogenated alkanes) is 1. The highest BCUT2D eigenvalue weighted by molar-refractivity contribution is 6.31. The first-order chi connectivity index (χ1) is 9.70. The van der Waals surface area contributed by atoms with E-state index < -0.39 is 0 Å². The normalized spacial score (nSPS) is 10.3. The van der Waals surface area contributed by atoms with Crippen LogP contribution in [0.1, 0.15) is 25.3 Å². The maximum atomic E-state index is 6.09. The van der Waals surface area contributed by atoms with Gasteiger partial charge in [0.1, 0.15) is 0 Å². The Hall–Kier alpha value is -1.88. The first-order valence-corrected chi connectivity index (χ1v) is 7.04. The van der Waals surface area contributed by atoms with E-state index in [4.69, 9.17) is 11.6 Å². The molecule has 20 heavy (non-hydrogen) atoms. The molecular weight excluding hydrogens is 274 g/mol. The number of benzene rings is 1. The summed E-state index contributed by atoms with van der Waals surface area (Å²) in [6.07, 6.45) is 3.85. The molecule has 1 aromatic carbocycles. The van der Waals surface area contributed by atoms with E-state index in [1.165, 1.54) is 0 Å². The van der Waals surface area contributed by atoms with Crippen LogP contribution in [0.2, 0.25) is 5.02 Å². The number of aromatic nitrogens is 3. The van der Waals surface area contributed by atoms with Crippen molar-refractivity contribution < 1.29 is 0 Å². The third-order valence-electron chi connectivity index (χ3n) is 2.91. The second-order valence-electron chi connectivity index (χ2n) is 4.48. The van der Waals surface area contributed by atoms with E-state index >= 15 is 0 Å². The molecule has 0 aliphatic rings. The number of anilines is 3. The molecule has 1 heterocycles. The number of nitrogens with one attached hydrogen (secondary N) is 2. The Bertz CT molecular complexity index is 573. The Morgan fingerprint density at radius 3 is 2.95 bits per heavy atom. The molecule has 0 saturated carbocycles. The van der Waals surface area contributed by atoms with Crippen molar-refractivity contribution in [2.24, 2.45) is 0 Å². The molecule has 2 N–H and O–H groups in total. The molecule has 106 valence electrons. The zero-order valence-electron chi connectivity index (χ0n) is 11.7. The van der Waals surface area contributed by atoms with Crippen molar-refractivity contribution in [1.82, 2.24) is 15.2 Å². The molecular formula is C14H18ClN5. The molecule has 0 atom stereocenters.